The molecule has 1 aromatic carbocycles. The summed E-state index contributed by atoms with van der Waals surface area (Å²) in [6.45, 7) is 8.31. The number of nitrogens with zero attached hydrogens (tertiary/aromatic N) is 3. The predicted octanol–water partition coefficient (Wildman–Crippen LogP) is 3.21. The van der Waals surface area contributed by atoms with E-state index in [1.54, 1.807) is 6.20 Å². The second-order valence-corrected chi connectivity index (χ2v) is 6.39. The Morgan fingerprint density at radius 3 is 2.44 bits per heavy atom. The third-order valence-corrected chi connectivity index (χ3v) is 3.99. The third-order valence-electron chi connectivity index (χ3n) is 3.99. The zero-order valence-electron chi connectivity index (χ0n) is 15.2. The lowest BCUT2D eigenvalue weighted by molar-refractivity contribution is 0.506. The number of aryl methyl sites for hydroxylation is 1. The van der Waals surface area contributed by atoms with Gasteiger partial charge >= 0.3 is 0 Å². The monoisotopic (exact) mass is 459 g/mol. The van der Waals surface area contributed by atoms with Crippen LogP contribution < -0.4 is 10.6 Å². The molecule has 0 unspecified atom stereocenters. The average Bonchev–Trinajstić information content (AvgIpc) is 2.96. The standard InChI is InChI=1S/C18H26FN5.HI/c1-5-20-17(21-12-16-10-11-23-24(16)4)22-13-18(2,3)14-6-8-15(19)9-7-14;/h6-11H,5,12-13H2,1-4H3,(H2,20,21,22);1H. The van der Waals surface area contributed by atoms with Gasteiger partial charge in [-0.2, -0.15) is 5.10 Å². The molecule has 0 bridgehead atoms. The molecule has 0 saturated heterocycles. The van der Waals surface area contributed by atoms with Gasteiger partial charge in [-0.05, 0) is 30.7 Å². The first-order valence-electron chi connectivity index (χ1n) is 8.17. The Balaban J connectivity index is 0.00000312. The van der Waals surface area contributed by atoms with Crippen molar-refractivity contribution in [3.63, 3.8) is 0 Å². The summed E-state index contributed by atoms with van der Waals surface area (Å²) in [7, 11) is 1.91. The van der Waals surface area contributed by atoms with Crippen LogP contribution in [0.5, 0.6) is 0 Å². The molecule has 25 heavy (non-hydrogen) atoms. The van der Waals surface area contributed by atoms with Gasteiger partial charge < -0.3 is 10.6 Å². The van der Waals surface area contributed by atoms with E-state index >= 15 is 0 Å². The second kappa shape index (κ2) is 9.74. The van der Waals surface area contributed by atoms with E-state index in [2.05, 4.69) is 34.6 Å². The maximum atomic E-state index is 13.1. The highest BCUT2D eigenvalue weighted by Crippen LogP contribution is 2.22. The average molecular weight is 459 g/mol. The van der Waals surface area contributed by atoms with Gasteiger partial charge in [0.15, 0.2) is 5.96 Å². The number of halogens is 2. The molecule has 0 amide bonds. The minimum absolute atomic E-state index is 0. The Bertz CT molecular complexity index is 679. The maximum absolute atomic E-state index is 13.1. The lowest BCUT2D eigenvalue weighted by Crippen LogP contribution is -2.43. The molecule has 0 radical (unpaired) electrons. The summed E-state index contributed by atoms with van der Waals surface area (Å²) < 4.78 is 14.9. The van der Waals surface area contributed by atoms with Gasteiger partial charge in [0, 0.05) is 31.7 Å². The molecule has 0 aliphatic carbocycles. The minimum Gasteiger partial charge on any atom is -0.357 e. The molecule has 1 heterocycles. The summed E-state index contributed by atoms with van der Waals surface area (Å²) in [6.07, 6.45) is 1.77. The van der Waals surface area contributed by atoms with E-state index in [4.69, 9.17) is 0 Å². The minimum atomic E-state index is -0.214. The topological polar surface area (TPSA) is 54.2 Å². The molecule has 0 fully saturated rings. The van der Waals surface area contributed by atoms with Crippen molar-refractivity contribution in [3.8, 4) is 0 Å². The first-order chi connectivity index (χ1) is 11.4. The van der Waals surface area contributed by atoms with Gasteiger partial charge in [-0.25, -0.2) is 9.38 Å². The smallest absolute Gasteiger partial charge is 0.191 e. The molecule has 5 nitrogen and oxygen atoms in total. The zero-order chi connectivity index (χ0) is 17.6. The number of hydrogen-bond acceptors (Lipinski definition) is 2. The summed E-state index contributed by atoms with van der Waals surface area (Å²) in [5.74, 6) is 0.544. The fraction of sp³-hybridized carbons (Fsp3) is 0.444. The highest BCUT2D eigenvalue weighted by Gasteiger charge is 2.21. The lowest BCUT2D eigenvalue weighted by atomic mass is 9.84. The molecule has 0 atom stereocenters. The fourth-order valence-corrected chi connectivity index (χ4v) is 2.37. The Morgan fingerprint density at radius 1 is 1.20 bits per heavy atom. The first-order valence-corrected chi connectivity index (χ1v) is 8.17. The molecular weight excluding hydrogens is 432 g/mol. The van der Waals surface area contributed by atoms with Crippen LogP contribution in [-0.4, -0.2) is 28.8 Å². The van der Waals surface area contributed by atoms with Gasteiger partial charge in [-0.15, -0.1) is 24.0 Å². The van der Waals surface area contributed by atoms with Crippen LogP contribution in [0.15, 0.2) is 41.5 Å². The maximum Gasteiger partial charge on any atom is 0.191 e. The van der Waals surface area contributed by atoms with Gasteiger partial charge in [0.2, 0.25) is 0 Å². The summed E-state index contributed by atoms with van der Waals surface area (Å²) in [5.41, 5.74) is 1.99. The van der Waals surface area contributed by atoms with E-state index in [0.29, 0.717) is 13.1 Å². The molecule has 7 heteroatoms. The van der Waals surface area contributed by atoms with E-state index in [1.807, 2.05) is 36.9 Å². The Hall–Kier alpha value is -1.64. The summed E-state index contributed by atoms with van der Waals surface area (Å²) in [4.78, 5) is 4.60. The van der Waals surface area contributed by atoms with Crippen molar-refractivity contribution in [2.45, 2.75) is 32.7 Å². The number of benzene rings is 1. The third kappa shape index (κ3) is 6.30. The van der Waals surface area contributed by atoms with Crippen LogP contribution in [0.3, 0.4) is 0 Å². The van der Waals surface area contributed by atoms with Crippen molar-refractivity contribution in [3.05, 3.63) is 53.6 Å². The van der Waals surface area contributed by atoms with E-state index in [-0.39, 0.29) is 35.2 Å². The lowest BCUT2D eigenvalue weighted by Gasteiger charge is -2.26. The highest BCUT2D eigenvalue weighted by atomic mass is 127. The first kappa shape index (κ1) is 21.4. The van der Waals surface area contributed by atoms with Crippen LogP contribution in [-0.2, 0) is 19.0 Å². The normalized spacial score (nSPS) is 11.8. The molecule has 0 spiro atoms. The van der Waals surface area contributed by atoms with Crippen molar-refractivity contribution in [2.24, 2.45) is 12.0 Å². The molecule has 2 N–H and O–H groups in total. The number of aromatic nitrogens is 2. The second-order valence-electron chi connectivity index (χ2n) is 6.39. The summed E-state index contributed by atoms with van der Waals surface area (Å²) in [6, 6.07) is 8.61. The van der Waals surface area contributed by atoms with Gasteiger partial charge in [0.05, 0.1) is 12.2 Å². The molecular formula is C18H27FIN5. The van der Waals surface area contributed by atoms with Crippen LogP contribution in [0, 0.1) is 5.82 Å². The van der Waals surface area contributed by atoms with Gasteiger partial charge in [0.25, 0.3) is 0 Å². The SMILES string of the molecule is CCNC(=NCc1ccnn1C)NCC(C)(C)c1ccc(F)cc1.I. The van der Waals surface area contributed by atoms with Crippen LogP contribution in [0.2, 0.25) is 0 Å². The Kier molecular flexibility index (Phi) is 8.34. The van der Waals surface area contributed by atoms with Crippen LogP contribution in [0.1, 0.15) is 32.0 Å². The largest absolute Gasteiger partial charge is 0.357 e. The van der Waals surface area contributed by atoms with E-state index in [0.717, 1.165) is 23.8 Å². The van der Waals surface area contributed by atoms with E-state index < -0.39 is 0 Å². The number of rotatable bonds is 6. The van der Waals surface area contributed by atoms with Crippen LogP contribution in [0.4, 0.5) is 4.39 Å². The Morgan fingerprint density at radius 2 is 1.88 bits per heavy atom. The van der Waals surface area contributed by atoms with Crippen LogP contribution in [0.25, 0.3) is 0 Å². The number of hydrogen-bond donors (Lipinski definition) is 2. The quantitative estimate of drug-likeness (QED) is 0.397. The molecule has 0 aliphatic heterocycles. The van der Waals surface area contributed by atoms with Crippen molar-refractivity contribution in [2.75, 3.05) is 13.1 Å². The van der Waals surface area contributed by atoms with Crippen molar-refractivity contribution >= 4 is 29.9 Å². The molecule has 2 aromatic rings. The van der Waals surface area contributed by atoms with E-state index in [9.17, 15) is 4.39 Å². The van der Waals surface area contributed by atoms with Crippen LogP contribution >= 0.6 is 24.0 Å². The number of guanidine groups is 1. The fourth-order valence-electron chi connectivity index (χ4n) is 2.37. The number of aliphatic imine (C=N–C) groups is 1. The highest BCUT2D eigenvalue weighted by molar-refractivity contribution is 14.0. The summed E-state index contributed by atoms with van der Waals surface area (Å²) in [5, 5.41) is 10.8. The van der Waals surface area contributed by atoms with Crippen molar-refractivity contribution < 1.29 is 4.39 Å². The van der Waals surface area contributed by atoms with Crippen molar-refractivity contribution in [1.29, 1.82) is 0 Å². The molecule has 0 saturated carbocycles. The van der Waals surface area contributed by atoms with Crippen molar-refractivity contribution in [1.82, 2.24) is 20.4 Å². The Labute approximate surface area is 166 Å². The van der Waals surface area contributed by atoms with Gasteiger partial charge in [-0.3, -0.25) is 4.68 Å². The molecule has 2 rings (SSSR count). The molecule has 0 aliphatic rings. The predicted molar refractivity (Wildman–Crippen MR) is 111 cm³/mol. The molecule has 1 aromatic heterocycles. The number of nitrogens with one attached hydrogen (secondary N) is 2. The summed E-state index contributed by atoms with van der Waals surface area (Å²) >= 11 is 0. The molecule has 138 valence electrons. The van der Waals surface area contributed by atoms with Gasteiger partial charge in [0.1, 0.15) is 5.82 Å². The van der Waals surface area contributed by atoms with E-state index in [1.165, 1.54) is 12.1 Å². The van der Waals surface area contributed by atoms with Gasteiger partial charge in [-0.1, -0.05) is 26.0 Å². The zero-order valence-corrected chi connectivity index (χ0v) is 17.5.